The second-order valence-corrected chi connectivity index (χ2v) is 3.96. The molecule has 0 saturated carbocycles. The predicted molar refractivity (Wildman–Crippen MR) is 66.9 cm³/mol. The molecular formula is C13H22N2O. The average Bonchev–Trinajstić information content (AvgIpc) is 2.28. The van der Waals surface area contributed by atoms with Crippen molar-refractivity contribution in [3.8, 4) is 5.75 Å². The summed E-state index contributed by atoms with van der Waals surface area (Å²) in [7, 11) is 0. The summed E-state index contributed by atoms with van der Waals surface area (Å²) < 4.78 is 5.42. The van der Waals surface area contributed by atoms with E-state index in [9.17, 15) is 0 Å². The van der Waals surface area contributed by atoms with E-state index in [0.29, 0.717) is 12.6 Å². The van der Waals surface area contributed by atoms with E-state index in [1.165, 1.54) is 5.56 Å². The van der Waals surface area contributed by atoms with Crippen LogP contribution in [0.15, 0.2) is 18.5 Å². The standard InChI is InChI=1S/C13H22N2O/c1-4-15-11(3)6-7-12-8-13(16-5-2)10-14-9-12/h8-11,15H,4-7H2,1-3H3. The number of aromatic nitrogens is 1. The Labute approximate surface area is 98.2 Å². The van der Waals surface area contributed by atoms with Gasteiger partial charge in [-0.15, -0.1) is 0 Å². The zero-order chi connectivity index (χ0) is 11.8. The third kappa shape index (κ3) is 4.62. The summed E-state index contributed by atoms with van der Waals surface area (Å²) in [5.74, 6) is 0.871. The number of pyridine rings is 1. The van der Waals surface area contributed by atoms with Gasteiger partial charge in [-0.25, -0.2) is 0 Å². The fraction of sp³-hybridized carbons (Fsp3) is 0.615. The van der Waals surface area contributed by atoms with Gasteiger partial charge >= 0.3 is 0 Å². The topological polar surface area (TPSA) is 34.2 Å². The van der Waals surface area contributed by atoms with Gasteiger partial charge in [0, 0.05) is 12.2 Å². The molecular weight excluding hydrogens is 200 g/mol. The maximum absolute atomic E-state index is 5.42. The van der Waals surface area contributed by atoms with E-state index in [1.54, 1.807) is 6.20 Å². The van der Waals surface area contributed by atoms with Crippen LogP contribution in [0.25, 0.3) is 0 Å². The molecule has 0 spiro atoms. The Morgan fingerprint density at radius 3 is 2.88 bits per heavy atom. The molecule has 0 bridgehead atoms. The van der Waals surface area contributed by atoms with Crippen molar-refractivity contribution in [2.24, 2.45) is 0 Å². The van der Waals surface area contributed by atoms with Crippen LogP contribution in [0, 0.1) is 0 Å². The normalized spacial score (nSPS) is 12.4. The summed E-state index contributed by atoms with van der Waals surface area (Å²) in [6.45, 7) is 8.05. The van der Waals surface area contributed by atoms with Crippen LogP contribution in [0.4, 0.5) is 0 Å². The Morgan fingerprint density at radius 2 is 2.19 bits per heavy atom. The van der Waals surface area contributed by atoms with Gasteiger partial charge in [0.15, 0.2) is 0 Å². The fourth-order valence-corrected chi connectivity index (χ4v) is 1.68. The molecule has 1 heterocycles. The first-order chi connectivity index (χ1) is 7.76. The molecule has 3 heteroatoms. The molecule has 90 valence electrons. The molecule has 0 aromatic carbocycles. The average molecular weight is 222 g/mol. The monoisotopic (exact) mass is 222 g/mol. The zero-order valence-electron chi connectivity index (χ0n) is 10.5. The highest BCUT2D eigenvalue weighted by Crippen LogP contribution is 2.13. The van der Waals surface area contributed by atoms with Gasteiger partial charge in [-0.1, -0.05) is 6.92 Å². The summed E-state index contributed by atoms with van der Waals surface area (Å²) in [5.41, 5.74) is 1.25. The number of nitrogens with zero attached hydrogens (tertiary/aromatic N) is 1. The van der Waals surface area contributed by atoms with Gasteiger partial charge in [0.1, 0.15) is 5.75 Å². The van der Waals surface area contributed by atoms with Gasteiger partial charge in [-0.05, 0) is 44.9 Å². The second-order valence-electron chi connectivity index (χ2n) is 3.96. The first kappa shape index (κ1) is 13.0. The van der Waals surface area contributed by atoms with E-state index in [-0.39, 0.29) is 0 Å². The van der Waals surface area contributed by atoms with E-state index in [1.807, 2.05) is 13.1 Å². The Hall–Kier alpha value is -1.09. The SMILES string of the molecule is CCNC(C)CCc1cncc(OCC)c1. The third-order valence-corrected chi connectivity index (χ3v) is 2.50. The highest BCUT2D eigenvalue weighted by Gasteiger charge is 2.02. The van der Waals surface area contributed by atoms with E-state index in [4.69, 9.17) is 4.74 Å². The summed E-state index contributed by atoms with van der Waals surface area (Å²) in [4.78, 5) is 4.18. The highest BCUT2D eigenvalue weighted by atomic mass is 16.5. The lowest BCUT2D eigenvalue weighted by atomic mass is 10.1. The van der Waals surface area contributed by atoms with Crippen molar-refractivity contribution in [2.75, 3.05) is 13.2 Å². The smallest absolute Gasteiger partial charge is 0.137 e. The van der Waals surface area contributed by atoms with Gasteiger partial charge < -0.3 is 10.1 Å². The molecule has 0 saturated heterocycles. The lowest BCUT2D eigenvalue weighted by Gasteiger charge is -2.12. The molecule has 0 radical (unpaired) electrons. The van der Waals surface area contributed by atoms with Gasteiger partial charge in [0.25, 0.3) is 0 Å². The van der Waals surface area contributed by atoms with Gasteiger partial charge in [-0.2, -0.15) is 0 Å². The third-order valence-electron chi connectivity index (χ3n) is 2.50. The maximum atomic E-state index is 5.42. The van der Waals surface area contributed by atoms with E-state index in [0.717, 1.165) is 25.1 Å². The van der Waals surface area contributed by atoms with Crippen molar-refractivity contribution < 1.29 is 4.74 Å². The van der Waals surface area contributed by atoms with Crippen LogP contribution >= 0.6 is 0 Å². The van der Waals surface area contributed by atoms with E-state index in [2.05, 4.69) is 30.2 Å². The van der Waals surface area contributed by atoms with Crippen LogP contribution in [-0.2, 0) is 6.42 Å². The van der Waals surface area contributed by atoms with Crippen LogP contribution in [-0.4, -0.2) is 24.2 Å². The maximum Gasteiger partial charge on any atom is 0.137 e. The molecule has 0 aliphatic rings. The van der Waals surface area contributed by atoms with Gasteiger partial charge in [0.2, 0.25) is 0 Å². The lowest BCUT2D eigenvalue weighted by molar-refractivity contribution is 0.338. The number of ether oxygens (including phenoxy) is 1. The molecule has 1 atom stereocenters. The molecule has 0 aliphatic heterocycles. The highest BCUT2D eigenvalue weighted by molar-refractivity contribution is 5.23. The van der Waals surface area contributed by atoms with Crippen molar-refractivity contribution in [1.29, 1.82) is 0 Å². The van der Waals surface area contributed by atoms with Crippen LogP contribution in [0.2, 0.25) is 0 Å². The molecule has 1 aromatic heterocycles. The minimum atomic E-state index is 0.556. The van der Waals surface area contributed by atoms with Crippen molar-refractivity contribution >= 4 is 0 Å². The Balaban J connectivity index is 2.44. The van der Waals surface area contributed by atoms with Crippen LogP contribution in [0.3, 0.4) is 0 Å². The Morgan fingerprint density at radius 1 is 1.38 bits per heavy atom. The molecule has 1 N–H and O–H groups in total. The summed E-state index contributed by atoms with van der Waals surface area (Å²) in [6.07, 6.45) is 5.86. The largest absolute Gasteiger partial charge is 0.492 e. The van der Waals surface area contributed by atoms with E-state index < -0.39 is 0 Å². The Bertz CT molecular complexity index is 302. The summed E-state index contributed by atoms with van der Waals surface area (Å²) in [6, 6.07) is 2.63. The molecule has 0 fully saturated rings. The second kappa shape index (κ2) is 7.23. The minimum Gasteiger partial charge on any atom is -0.492 e. The van der Waals surface area contributed by atoms with Crippen LogP contribution in [0.5, 0.6) is 5.75 Å². The summed E-state index contributed by atoms with van der Waals surface area (Å²) in [5, 5.41) is 3.40. The van der Waals surface area contributed by atoms with Crippen molar-refractivity contribution in [3.05, 3.63) is 24.0 Å². The van der Waals surface area contributed by atoms with Crippen LogP contribution < -0.4 is 10.1 Å². The number of hydrogen-bond acceptors (Lipinski definition) is 3. The number of rotatable bonds is 7. The zero-order valence-corrected chi connectivity index (χ0v) is 10.5. The molecule has 1 rings (SSSR count). The molecule has 0 amide bonds. The molecule has 0 aliphatic carbocycles. The molecule has 16 heavy (non-hydrogen) atoms. The molecule has 1 unspecified atom stereocenters. The van der Waals surface area contributed by atoms with Crippen LogP contribution in [0.1, 0.15) is 32.8 Å². The van der Waals surface area contributed by atoms with Crippen molar-refractivity contribution in [2.45, 2.75) is 39.7 Å². The molecule has 3 nitrogen and oxygen atoms in total. The Kier molecular flexibility index (Phi) is 5.86. The minimum absolute atomic E-state index is 0.556. The predicted octanol–water partition coefficient (Wildman–Crippen LogP) is 2.41. The van der Waals surface area contributed by atoms with Gasteiger partial charge in [-0.3, -0.25) is 4.98 Å². The number of nitrogens with one attached hydrogen (secondary N) is 1. The quantitative estimate of drug-likeness (QED) is 0.769. The van der Waals surface area contributed by atoms with Gasteiger partial charge in [0.05, 0.1) is 12.8 Å². The van der Waals surface area contributed by atoms with Crippen molar-refractivity contribution in [1.82, 2.24) is 10.3 Å². The molecule has 1 aromatic rings. The van der Waals surface area contributed by atoms with Crippen molar-refractivity contribution in [3.63, 3.8) is 0 Å². The lowest BCUT2D eigenvalue weighted by Crippen LogP contribution is -2.25. The number of hydrogen-bond donors (Lipinski definition) is 1. The fourth-order valence-electron chi connectivity index (χ4n) is 1.68. The first-order valence-electron chi connectivity index (χ1n) is 6.06. The number of aryl methyl sites for hydroxylation is 1. The van der Waals surface area contributed by atoms with E-state index >= 15 is 0 Å². The summed E-state index contributed by atoms with van der Waals surface area (Å²) >= 11 is 0. The first-order valence-corrected chi connectivity index (χ1v) is 6.06.